The van der Waals surface area contributed by atoms with E-state index in [0.717, 1.165) is 22.9 Å². The van der Waals surface area contributed by atoms with E-state index in [1.807, 2.05) is 13.8 Å². The van der Waals surface area contributed by atoms with E-state index in [2.05, 4.69) is 10.4 Å². The quantitative estimate of drug-likeness (QED) is 0.901. The van der Waals surface area contributed by atoms with E-state index >= 15 is 0 Å². The highest BCUT2D eigenvalue weighted by molar-refractivity contribution is 5.34. The second-order valence-electron chi connectivity index (χ2n) is 4.86. The minimum Gasteiger partial charge on any atom is -0.506 e. The van der Waals surface area contributed by atoms with Crippen molar-refractivity contribution in [1.82, 2.24) is 15.1 Å². The minimum atomic E-state index is -1.07. The van der Waals surface area contributed by atoms with Crippen LogP contribution in [0.4, 0.5) is 8.78 Å². The van der Waals surface area contributed by atoms with Gasteiger partial charge in [-0.15, -0.1) is 0 Å². The molecule has 2 aromatic rings. The lowest BCUT2D eigenvalue weighted by molar-refractivity contribution is 0.447. The zero-order chi connectivity index (χ0) is 15.6. The van der Waals surface area contributed by atoms with Crippen LogP contribution >= 0.6 is 0 Å². The lowest BCUT2D eigenvalue weighted by Gasteiger charge is -2.11. The number of hydrogen-bond donors (Lipinski definition) is 2. The molecule has 0 radical (unpaired) electrons. The standard InChI is InChI=1S/C14H15F2N3O2/c1-8(2)17-7-12-13(20)6-14(21)19(18-12)9-3-4-10(15)11(16)5-9/h3-6,8,17,20H,7H2,1-2H3. The Kier molecular flexibility index (Phi) is 4.32. The molecule has 0 saturated carbocycles. The first-order valence-corrected chi connectivity index (χ1v) is 6.39. The van der Waals surface area contributed by atoms with Crippen molar-refractivity contribution in [2.75, 3.05) is 0 Å². The fourth-order valence-corrected chi connectivity index (χ4v) is 1.71. The molecule has 0 aliphatic rings. The summed E-state index contributed by atoms with van der Waals surface area (Å²) in [7, 11) is 0. The van der Waals surface area contributed by atoms with Gasteiger partial charge in [-0.05, 0) is 12.1 Å². The van der Waals surface area contributed by atoms with Gasteiger partial charge in [0.2, 0.25) is 0 Å². The third-order valence-electron chi connectivity index (χ3n) is 2.81. The van der Waals surface area contributed by atoms with Crippen LogP contribution in [0.5, 0.6) is 5.75 Å². The van der Waals surface area contributed by atoms with Gasteiger partial charge in [0.25, 0.3) is 5.56 Å². The van der Waals surface area contributed by atoms with Gasteiger partial charge in [-0.2, -0.15) is 9.78 Å². The molecule has 5 nitrogen and oxygen atoms in total. The van der Waals surface area contributed by atoms with Gasteiger partial charge in [0.15, 0.2) is 11.6 Å². The summed E-state index contributed by atoms with van der Waals surface area (Å²) in [5.41, 5.74) is -0.301. The molecule has 0 fully saturated rings. The molecule has 0 amide bonds. The third-order valence-corrected chi connectivity index (χ3v) is 2.81. The minimum absolute atomic E-state index is 0.0877. The highest BCUT2D eigenvalue weighted by Crippen LogP contribution is 2.14. The number of rotatable bonds is 4. The van der Waals surface area contributed by atoms with E-state index in [0.29, 0.717) is 0 Å². The Morgan fingerprint density at radius 3 is 2.62 bits per heavy atom. The van der Waals surface area contributed by atoms with Gasteiger partial charge in [0.05, 0.1) is 5.69 Å². The van der Waals surface area contributed by atoms with Crippen molar-refractivity contribution >= 4 is 0 Å². The van der Waals surface area contributed by atoms with Gasteiger partial charge in [0.1, 0.15) is 11.4 Å². The van der Waals surface area contributed by atoms with Gasteiger partial charge < -0.3 is 10.4 Å². The van der Waals surface area contributed by atoms with Crippen LogP contribution in [0.3, 0.4) is 0 Å². The number of nitrogens with zero attached hydrogens (tertiary/aromatic N) is 2. The molecule has 0 bridgehead atoms. The van der Waals surface area contributed by atoms with Gasteiger partial charge in [-0.1, -0.05) is 13.8 Å². The van der Waals surface area contributed by atoms with E-state index in [1.54, 1.807) is 0 Å². The predicted octanol–water partition coefficient (Wildman–Crippen LogP) is 1.71. The molecule has 2 N–H and O–H groups in total. The summed E-state index contributed by atoms with van der Waals surface area (Å²) in [4.78, 5) is 11.8. The van der Waals surface area contributed by atoms with Crippen LogP contribution in [0.1, 0.15) is 19.5 Å². The predicted molar refractivity (Wildman–Crippen MR) is 73.4 cm³/mol. The first-order valence-electron chi connectivity index (χ1n) is 6.39. The summed E-state index contributed by atoms with van der Waals surface area (Å²) in [5.74, 6) is -2.32. The van der Waals surface area contributed by atoms with Gasteiger partial charge >= 0.3 is 0 Å². The molecule has 0 atom stereocenters. The van der Waals surface area contributed by atoms with E-state index < -0.39 is 17.2 Å². The van der Waals surface area contributed by atoms with Crippen LogP contribution in [0.15, 0.2) is 29.1 Å². The zero-order valence-corrected chi connectivity index (χ0v) is 11.6. The van der Waals surface area contributed by atoms with Gasteiger partial charge in [-0.25, -0.2) is 8.78 Å². The molecular weight excluding hydrogens is 280 g/mol. The van der Waals surface area contributed by atoms with Crippen molar-refractivity contribution in [2.45, 2.75) is 26.4 Å². The fourth-order valence-electron chi connectivity index (χ4n) is 1.71. The van der Waals surface area contributed by atoms with Crippen LogP contribution in [-0.2, 0) is 6.54 Å². The fraction of sp³-hybridized carbons (Fsp3) is 0.286. The van der Waals surface area contributed by atoms with Crippen molar-refractivity contribution in [1.29, 1.82) is 0 Å². The smallest absolute Gasteiger partial charge is 0.275 e. The van der Waals surface area contributed by atoms with Gasteiger partial charge in [0, 0.05) is 24.7 Å². The second-order valence-corrected chi connectivity index (χ2v) is 4.86. The van der Waals surface area contributed by atoms with E-state index in [4.69, 9.17) is 0 Å². The number of hydrogen-bond acceptors (Lipinski definition) is 4. The third kappa shape index (κ3) is 3.43. The summed E-state index contributed by atoms with van der Waals surface area (Å²) < 4.78 is 27.1. The van der Waals surface area contributed by atoms with E-state index in [-0.39, 0.29) is 29.7 Å². The molecule has 2 rings (SSSR count). The molecule has 21 heavy (non-hydrogen) atoms. The van der Waals surface area contributed by atoms with Crippen molar-refractivity contribution < 1.29 is 13.9 Å². The van der Waals surface area contributed by atoms with Crippen LogP contribution in [0, 0.1) is 11.6 Å². The van der Waals surface area contributed by atoms with Crippen LogP contribution in [-0.4, -0.2) is 20.9 Å². The Labute approximate surface area is 119 Å². The van der Waals surface area contributed by atoms with Crippen LogP contribution in [0.25, 0.3) is 5.69 Å². The van der Waals surface area contributed by atoms with Gasteiger partial charge in [-0.3, -0.25) is 4.79 Å². The SMILES string of the molecule is CC(C)NCc1nn(-c2ccc(F)c(F)c2)c(=O)cc1O. The molecule has 112 valence electrons. The Morgan fingerprint density at radius 1 is 1.29 bits per heavy atom. The highest BCUT2D eigenvalue weighted by Gasteiger charge is 2.11. The van der Waals surface area contributed by atoms with Crippen molar-refractivity contribution in [3.05, 3.63) is 51.9 Å². The molecular formula is C14H15F2N3O2. The van der Waals surface area contributed by atoms with Crippen LogP contribution < -0.4 is 10.9 Å². The van der Waals surface area contributed by atoms with Crippen molar-refractivity contribution in [3.8, 4) is 11.4 Å². The maximum Gasteiger partial charge on any atom is 0.275 e. The number of nitrogens with one attached hydrogen (secondary N) is 1. The largest absolute Gasteiger partial charge is 0.506 e. The maximum absolute atomic E-state index is 13.3. The average molecular weight is 295 g/mol. The van der Waals surface area contributed by atoms with E-state index in [9.17, 15) is 18.7 Å². The Bertz CT molecular complexity index is 714. The molecule has 1 aromatic carbocycles. The summed E-state index contributed by atoms with van der Waals surface area (Å²) in [6.07, 6.45) is 0. The maximum atomic E-state index is 13.3. The number of halogens is 2. The molecule has 0 aliphatic heterocycles. The molecule has 7 heteroatoms. The van der Waals surface area contributed by atoms with Crippen LogP contribution in [0.2, 0.25) is 0 Å². The molecule has 0 spiro atoms. The number of benzene rings is 1. The molecule has 0 unspecified atom stereocenters. The number of aromatic hydroxyl groups is 1. The first-order chi connectivity index (χ1) is 9.88. The first kappa shape index (κ1) is 15.1. The summed E-state index contributed by atoms with van der Waals surface area (Å²) >= 11 is 0. The molecule has 0 aliphatic carbocycles. The monoisotopic (exact) mass is 295 g/mol. The lowest BCUT2D eigenvalue weighted by Crippen LogP contribution is -2.26. The Morgan fingerprint density at radius 2 is 2.00 bits per heavy atom. The van der Waals surface area contributed by atoms with Crippen molar-refractivity contribution in [2.24, 2.45) is 0 Å². The summed E-state index contributed by atoms with van der Waals surface area (Å²) in [6, 6.07) is 4.18. The average Bonchev–Trinajstić information content (AvgIpc) is 2.41. The molecule has 1 aromatic heterocycles. The normalized spacial score (nSPS) is 11.1. The summed E-state index contributed by atoms with van der Waals surface area (Å²) in [6.45, 7) is 4.08. The van der Waals surface area contributed by atoms with E-state index in [1.165, 1.54) is 6.07 Å². The second kappa shape index (κ2) is 6.01. The topological polar surface area (TPSA) is 67.2 Å². The Balaban J connectivity index is 2.45. The van der Waals surface area contributed by atoms with Crippen molar-refractivity contribution in [3.63, 3.8) is 0 Å². The molecule has 0 saturated heterocycles. The molecule has 1 heterocycles. The highest BCUT2D eigenvalue weighted by atomic mass is 19.2. The number of aromatic nitrogens is 2. The zero-order valence-electron chi connectivity index (χ0n) is 11.6. The summed E-state index contributed by atoms with van der Waals surface area (Å²) in [5, 5.41) is 16.8. The lowest BCUT2D eigenvalue weighted by atomic mass is 10.3. The Hall–Kier alpha value is -2.28.